The van der Waals surface area contributed by atoms with E-state index in [9.17, 15) is 8.42 Å². The van der Waals surface area contributed by atoms with E-state index in [1.165, 1.54) is 12.3 Å². The molecule has 21 heavy (non-hydrogen) atoms. The van der Waals surface area contributed by atoms with E-state index in [1.807, 2.05) is 31.4 Å². The van der Waals surface area contributed by atoms with Crippen molar-refractivity contribution in [2.45, 2.75) is 31.2 Å². The Hall–Kier alpha value is -1.44. The van der Waals surface area contributed by atoms with E-state index in [0.29, 0.717) is 18.8 Å². The van der Waals surface area contributed by atoms with E-state index in [0.717, 1.165) is 4.88 Å². The van der Waals surface area contributed by atoms with E-state index in [2.05, 4.69) is 15.0 Å². The predicted molar refractivity (Wildman–Crippen MR) is 86.2 cm³/mol. The Bertz CT molecular complexity index is 669. The highest BCUT2D eigenvalue weighted by atomic mass is 32.2. The SMILES string of the molecule is CCNc1cc(S(=O)(=O)NC(C)Cc2cccs2)ccn1. The normalized spacial score (nSPS) is 13.0. The Labute approximate surface area is 129 Å². The minimum Gasteiger partial charge on any atom is -0.370 e. The minimum absolute atomic E-state index is 0.163. The maximum atomic E-state index is 12.4. The van der Waals surface area contributed by atoms with Crippen LogP contribution in [0.15, 0.2) is 40.7 Å². The summed E-state index contributed by atoms with van der Waals surface area (Å²) in [5.41, 5.74) is 0. The fraction of sp³-hybridized carbons (Fsp3) is 0.357. The van der Waals surface area contributed by atoms with Crippen LogP contribution in [0, 0.1) is 0 Å². The summed E-state index contributed by atoms with van der Waals surface area (Å²) in [4.78, 5) is 5.47. The molecule has 0 aliphatic heterocycles. The van der Waals surface area contributed by atoms with Gasteiger partial charge in [-0.25, -0.2) is 18.1 Å². The van der Waals surface area contributed by atoms with Crippen molar-refractivity contribution in [3.05, 3.63) is 40.7 Å². The molecule has 0 spiro atoms. The predicted octanol–water partition coefficient (Wildman–Crippen LogP) is 2.48. The van der Waals surface area contributed by atoms with Crippen LogP contribution in [0.1, 0.15) is 18.7 Å². The molecule has 2 heterocycles. The second-order valence-corrected chi connectivity index (χ2v) is 7.46. The molecule has 1 unspecified atom stereocenters. The van der Waals surface area contributed by atoms with Gasteiger partial charge in [-0.2, -0.15) is 0 Å². The minimum atomic E-state index is -3.53. The average molecular weight is 325 g/mol. The molecule has 2 N–H and O–H groups in total. The number of nitrogens with one attached hydrogen (secondary N) is 2. The number of aromatic nitrogens is 1. The molecule has 0 fully saturated rings. The highest BCUT2D eigenvalue weighted by molar-refractivity contribution is 7.89. The summed E-state index contributed by atoms with van der Waals surface area (Å²) in [5, 5.41) is 5.00. The molecule has 0 saturated carbocycles. The lowest BCUT2D eigenvalue weighted by atomic mass is 10.2. The van der Waals surface area contributed by atoms with Crippen molar-refractivity contribution in [1.29, 1.82) is 0 Å². The summed E-state index contributed by atoms with van der Waals surface area (Å²) >= 11 is 1.63. The highest BCUT2D eigenvalue weighted by Gasteiger charge is 2.18. The van der Waals surface area contributed by atoms with Gasteiger partial charge in [-0.15, -0.1) is 11.3 Å². The topological polar surface area (TPSA) is 71.1 Å². The smallest absolute Gasteiger partial charge is 0.241 e. The molecule has 0 radical (unpaired) electrons. The fourth-order valence-electron chi connectivity index (χ4n) is 1.96. The molecule has 114 valence electrons. The molecule has 0 aliphatic carbocycles. The summed E-state index contributed by atoms with van der Waals surface area (Å²) in [6.45, 7) is 4.49. The van der Waals surface area contributed by atoms with Crippen molar-refractivity contribution in [3.8, 4) is 0 Å². The summed E-state index contributed by atoms with van der Waals surface area (Å²) in [6, 6.07) is 6.85. The zero-order chi connectivity index (χ0) is 15.3. The summed E-state index contributed by atoms with van der Waals surface area (Å²) < 4.78 is 27.4. The molecular formula is C14H19N3O2S2. The third-order valence-corrected chi connectivity index (χ3v) is 5.33. The third-order valence-electron chi connectivity index (χ3n) is 2.84. The third kappa shape index (κ3) is 4.52. The molecule has 1 atom stereocenters. The Morgan fingerprint density at radius 1 is 1.38 bits per heavy atom. The summed E-state index contributed by atoms with van der Waals surface area (Å²) in [6.07, 6.45) is 2.18. The van der Waals surface area contributed by atoms with Crippen LogP contribution >= 0.6 is 11.3 Å². The zero-order valence-electron chi connectivity index (χ0n) is 12.0. The van der Waals surface area contributed by atoms with Gasteiger partial charge in [0.2, 0.25) is 10.0 Å². The van der Waals surface area contributed by atoms with Crippen LogP contribution in [0.25, 0.3) is 0 Å². The Balaban J connectivity index is 2.08. The molecule has 2 aromatic heterocycles. The van der Waals surface area contributed by atoms with Gasteiger partial charge in [0.25, 0.3) is 0 Å². The number of nitrogens with zero attached hydrogens (tertiary/aromatic N) is 1. The number of pyridine rings is 1. The molecule has 0 aliphatic rings. The molecule has 0 amide bonds. The average Bonchev–Trinajstić information content (AvgIpc) is 2.91. The van der Waals surface area contributed by atoms with Crippen molar-refractivity contribution < 1.29 is 8.42 Å². The lowest BCUT2D eigenvalue weighted by molar-refractivity contribution is 0.560. The second-order valence-electron chi connectivity index (χ2n) is 4.71. The van der Waals surface area contributed by atoms with Gasteiger partial charge < -0.3 is 5.32 Å². The fourth-order valence-corrected chi connectivity index (χ4v) is 4.05. The van der Waals surface area contributed by atoms with Crippen molar-refractivity contribution in [2.75, 3.05) is 11.9 Å². The van der Waals surface area contributed by atoms with E-state index >= 15 is 0 Å². The first kappa shape index (κ1) is 15.9. The molecule has 2 aromatic rings. The van der Waals surface area contributed by atoms with Crippen LogP contribution in [0.2, 0.25) is 0 Å². The highest BCUT2D eigenvalue weighted by Crippen LogP contribution is 2.15. The number of hydrogen-bond acceptors (Lipinski definition) is 5. The van der Waals surface area contributed by atoms with Crippen LogP contribution in [-0.2, 0) is 16.4 Å². The van der Waals surface area contributed by atoms with Gasteiger partial charge in [0, 0.05) is 29.7 Å². The molecule has 0 bridgehead atoms. The van der Waals surface area contributed by atoms with Crippen molar-refractivity contribution in [3.63, 3.8) is 0 Å². The maximum Gasteiger partial charge on any atom is 0.241 e. The van der Waals surface area contributed by atoms with Crippen molar-refractivity contribution in [2.24, 2.45) is 0 Å². The quantitative estimate of drug-likeness (QED) is 0.820. The molecule has 2 rings (SSSR count). The number of anilines is 1. The summed E-state index contributed by atoms with van der Waals surface area (Å²) in [7, 11) is -3.53. The first-order chi connectivity index (χ1) is 10.0. The van der Waals surface area contributed by atoms with Gasteiger partial charge in [-0.05, 0) is 37.8 Å². The number of rotatable bonds is 7. The van der Waals surface area contributed by atoms with Crippen LogP contribution < -0.4 is 10.0 Å². The summed E-state index contributed by atoms with van der Waals surface area (Å²) in [5.74, 6) is 0.561. The molecular weight excluding hydrogens is 306 g/mol. The molecule has 0 saturated heterocycles. The van der Waals surface area contributed by atoms with Gasteiger partial charge in [-0.3, -0.25) is 0 Å². The number of sulfonamides is 1. The standard InChI is InChI=1S/C14H19N3O2S2/c1-3-15-14-10-13(6-7-16-14)21(18,19)17-11(2)9-12-5-4-8-20-12/h4-8,10-11,17H,3,9H2,1-2H3,(H,15,16). The Kier molecular flexibility index (Phi) is 5.33. The van der Waals surface area contributed by atoms with Gasteiger partial charge in [0.05, 0.1) is 4.90 Å². The van der Waals surface area contributed by atoms with Crippen LogP contribution in [0.3, 0.4) is 0 Å². The maximum absolute atomic E-state index is 12.4. The Morgan fingerprint density at radius 3 is 2.86 bits per heavy atom. The first-order valence-corrected chi connectivity index (χ1v) is 9.12. The zero-order valence-corrected chi connectivity index (χ0v) is 13.7. The van der Waals surface area contributed by atoms with E-state index in [4.69, 9.17) is 0 Å². The van der Waals surface area contributed by atoms with E-state index in [1.54, 1.807) is 17.4 Å². The van der Waals surface area contributed by atoms with Gasteiger partial charge in [0.15, 0.2) is 0 Å². The van der Waals surface area contributed by atoms with E-state index < -0.39 is 10.0 Å². The molecule has 7 heteroatoms. The van der Waals surface area contributed by atoms with Crippen molar-refractivity contribution in [1.82, 2.24) is 9.71 Å². The monoisotopic (exact) mass is 325 g/mol. The van der Waals surface area contributed by atoms with Gasteiger partial charge in [0.1, 0.15) is 5.82 Å². The Morgan fingerprint density at radius 2 is 2.19 bits per heavy atom. The van der Waals surface area contributed by atoms with Gasteiger partial charge >= 0.3 is 0 Å². The molecule has 5 nitrogen and oxygen atoms in total. The second kappa shape index (κ2) is 7.02. The lowest BCUT2D eigenvalue weighted by Crippen LogP contribution is -2.34. The number of hydrogen-bond donors (Lipinski definition) is 2. The molecule has 0 aromatic carbocycles. The van der Waals surface area contributed by atoms with Crippen LogP contribution in [0.4, 0.5) is 5.82 Å². The van der Waals surface area contributed by atoms with Crippen LogP contribution in [-0.4, -0.2) is 26.0 Å². The van der Waals surface area contributed by atoms with Crippen LogP contribution in [0.5, 0.6) is 0 Å². The van der Waals surface area contributed by atoms with E-state index in [-0.39, 0.29) is 10.9 Å². The van der Waals surface area contributed by atoms with Gasteiger partial charge in [-0.1, -0.05) is 6.07 Å². The number of thiophene rings is 1. The first-order valence-electron chi connectivity index (χ1n) is 6.76. The lowest BCUT2D eigenvalue weighted by Gasteiger charge is -2.14. The van der Waals surface area contributed by atoms with Crippen molar-refractivity contribution >= 4 is 27.2 Å². The largest absolute Gasteiger partial charge is 0.370 e.